The Hall–Kier alpha value is -0.900. The van der Waals surface area contributed by atoms with Gasteiger partial charge >= 0.3 is 0 Å². The third-order valence-electron chi connectivity index (χ3n) is 3.61. The second kappa shape index (κ2) is 7.52. The summed E-state index contributed by atoms with van der Waals surface area (Å²) in [5, 5.41) is 12.4. The quantitative estimate of drug-likeness (QED) is 0.811. The molecule has 3 heteroatoms. The van der Waals surface area contributed by atoms with E-state index in [1.807, 2.05) is 6.07 Å². The highest BCUT2D eigenvalue weighted by Gasteiger charge is 2.19. The maximum Gasteiger partial charge on any atom is 0.0556 e. The smallest absolute Gasteiger partial charge is 0.0556 e. The first-order chi connectivity index (χ1) is 8.90. The maximum absolute atomic E-state index is 8.99. The molecule has 0 radical (unpaired) electrons. The third-order valence-corrected chi connectivity index (χ3v) is 3.61. The van der Waals surface area contributed by atoms with Crippen LogP contribution < -0.4 is 5.32 Å². The van der Waals surface area contributed by atoms with Gasteiger partial charge in [-0.3, -0.25) is 0 Å². The molecule has 2 rings (SSSR count). The first kappa shape index (κ1) is 13.5. The molecule has 1 aliphatic heterocycles. The highest BCUT2D eigenvalue weighted by molar-refractivity contribution is 5.19. The van der Waals surface area contributed by atoms with Crippen molar-refractivity contribution in [1.82, 2.24) is 5.32 Å². The highest BCUT2D eigenvalue weighted by atomic mass is 16.5. The summed E-state index contributed by atoms with van der Waals surface area (Å²) < 4.78 is 5.41. The minimum Gasteiger partial charge on any atom is -0.395 e. The Morgan fingerprint density at radius 2 is 1.94 bits per heavy atom. The van der Waals surface area contributed by atoms with Gasteiger partial charge in [0.1, 0.15) is 0 Å². The summed E-state index contributed by atoms with van der Waals surface area (Å²) in [5.41, 5.74) is 1.32. The van der Waals surface area contributed by atoms with Gasteiger partial charge in [-0.25, -0.2) is 0 Å². The van der Waals surface area contributed by atoms with Crippen molar-refractivity contribution in [2.45, 2.75) is 25.3 Å². The molecule has 0 saturated carbocycles. The van der Waals surface area contributed by atoms with Gasteiger partial charge in [-0.1, -0.05) is 30.3 Å². The van der Waals surface area contributed by atoms with Crippen LogP contribution in [0.1, 0.15) is 30.9 Å². The van der Waals surface area contributed by atoms with E-state index in [1.54, 1.807) is 0 Å². The van der Waals surface area contributed by atoms with Crippen LogP contribution in [-0.4, -0.2) is 31.5 Å². The molecule has 0 aromatic heterocycles. The molecule has 1 aromatic carbocycles. The number of aliphatic hydroxyl groups is 1. The van der Waals surface area contributed by atoms with Crippen molar-refractivity contribution in [3.63, 3.8) is 0 Å². The molecule has 0 aliphatic carbocycles. The molecule has 3 nitrogen and oxygen atoms in total. The number of hydrogen-bond donors (Lipinski definition) is 2. The second-order valence-electron chi connectivity index (χ2n) is 4.93. The molecular formula is C15H23NO2. The number of ether oxygens (including phenoxy) is 1. The van der Waals surface area contributed by atoms with Crippen molar-refractivity contribution in [1.29, 1.82) is 0 Å². The average molecular weight is 249 g/mol. The van der Waals surface area contributed by atoms with Crippen molar-refractivity contribution >= 4 is 0 Å². The molecule has 0 amide bonds. The number of rotatable bonds is 6. The van der Waals surface area contributed by atoms with Crippen LogP contribution in [0, 0.1) is 5.92 Å². The van der Waals surface area contributed by atoms with Gasteiger partial charge in [-0.05, 0) is 30.7 Å². The van der Waals surface area contributed by atoms with Gasteiger partial charge < -0.3 is 15.2 Å². The van der Waals surface area contributed by atoms with Gasteiger partial charge in [0.15, 0.2) is 0 Å². The summed E-state index contributed by atoms with van der Waals surface area (Å²) in [6, 6.07) is 10.9. The summed E-state index contributed by atoms with van der Waals surface area (Å²) in [6.07, 6.45) is 3.45. The van der Waals surface area contributed by atoms with E-state index < -0.39 is 0 Å². The van der Waals surface area contributed by atoms with Crippen molar-refractivity contribution in [3.05, 3.63) is 35.9 Å². The minimum atomic E-state index is 0.192. The van der Waals surface area contributed by atoms with E-state index in [1.165, 1.54) is 5.56 Å². The molecule has 1 atom stereocenters. The monoisotopic (exact) mass is 249 g/mol. The van der Waals surface area contributed by atoms with Crippen LogP contribution in [0.15, 0.2) is 30.3 Å². The molecule has 1 saturated heterocycles. The Morgan fingerprint density at radius 3 is 2.61 bits per heavy atom. The Kier molecular flexibility index (Phi) is 5.65. The van der Waals surface area contributed by atoms with E-state index in [0.29, 0.717) is 12.6 Å². The van der Waals surface area contributed by atoms with Crippen LogP contribution in [0.25, 0.3) is 0 Å². The van der Waals surface area contributed by atoms with E-state index >= 15 is 0 Å². The summed E-state index contributed by atoms with van der Waals surface area (Å²) >= 11 is 0. The zero-order valence-electron chi connectivity index (χ0n) is 10.8. The van der Waals surface area contributed by atoms with Gasteiger partial charge in [0, 0.05) is 25.8 Å². The Labute approximate surface area is 109 Å². The largest absolute Gasteiger partial charge is 0.395 e. The molecule has 18 heavy (non-hydrogen) atoms. The predicted molar refractivity (Wildman–Crippen MR) is 72.4 cm³/mol. The topological polar surface area (TPSA) is 41.5 Å². The van der Waals surface area contributed by atoms with Crippen molar-refractivity contribution < 1.29 is 9.84 Å². The van der Waals surface area contributed by atoms with E-state index in [0.717, 1.165) is 38.4 Å². The first-order valence-electron chi connectivity index (χ1n) is 6.87. The lowest BCUT2D eigenvalue weighted by Gasteiger charge is -2.27. The summed E-state index contributed by atoms with van der Waals surface area (Å²) in [5.74, 6) is 0.732. The van der Waals surface area contributed by atoms with Crippen molar-refractivity contribution in [3.8, 4) is 0 Å². The molecule has 100 valence electrons. The van der Waals surface area contributed by atoms with E-state index in [4.69, 9.17) is 9.84 Å². The lowest BCUT2D eigenvalue weighted by Crippen LogP contribution is -2.28. The van der Waals surface area contributed by atoms with Crippen LogP contribution in [0.2, 0.25) is 0 Å². The van der Waals surface area contributed by atoms with Crippen molar-refractivity contribution in [2.24, 2.45) is 5.92 Å². The summed E-state index contributed by atoms with van der Waals surface area (Å²) in [6.45, 7) is 2.64. The number of hydrogen-bond acceptors (Lipinski definition) is 3. The summed E-state index contributed by atoms with van der Waals surface area (Å²) in [4.78, 5) is 0. The van der Waals surface area contributed by atoms with Crippen LogP contribution >= 0.6 is 0 Å². The molecule has 1 unspecified atom stereocenters. The molecule has 0 bridgehead atoms. The summed E-state index contributed by atoms with van der Waals surface area (Å²) in [7, 11) is 0. The lowest BCUT2D eigenvalue weighted by molar-refractivity contribution is 0.0603. The lowest BCUT2D eigenvalue weighted by atomic mass is 9.89. The highest BCUT2D eigenvalue weighted by Crippen LogP contribution is 2.27. The van der Waals surface area contributed by atoms with Gasteiger partial charge in [-0.15, -0.1) is 0 Å². The molecular weight excluding hydrogens is 226 g/mol. The van der Waals surface area contributed by atoms with E-state index in [9.17, 15) is 0 Å². The van der Waals surface area contributed by atoms with Gasteiger partial charge in [-0.2, -0.15) is 0 Å². The van der Waals surface area contributed by atoms with Crippen LogP contribution in [-0.2, 0) is 4.74 Å². The number of aliphatic hydroxyl groups excluding tert-OH is 1. The number of benzene rings is 1. The fourth-order valence-corrected chi connectivity index (χ4v) is 2.58. The minimum absolute atomic E-state index is 0.192. The number of nitrogens with one attached hydrogen (secondary N) is 1. The first-order valence-corrected chi connectivity index (χ1v) is 6.87. The molecule has 0 spiro atoms. The Balaban J connectivity index is 1.95. The van der Waals surface area contributed by atoms with Crippen LogP contribution in [0.3, 0.4) is 0 Å². The third kappa shape index (κ3) is 4.09. The average Bonchev–Trinajstić information content (AvgIpc) is 2.45. The van der Waals surface area contributed by atoms with E-state index in [-0.39, 0.29) is 6.61 Å². The fraction of sp³-hybridized carbons (Fsp3) is 0.600. The molecule has 1 aliphatic rings. The zero-order chi connectivity index (χ0) is 12.6. The Bertz CT molecular complexity index is 323. The predicted octanol–water partition coefficient (Wildman–Crippen LogP) is 2.13. The normalized spacial score (nSPS) is 18.7. The molecule has 1 fully saturated rings. The van der Waals surface area contributed by atoms with Crippen LogP contribution in [0.4, 0.5) is 0 Å². The van der Waals surface area contributed by atoms with Gasteiger partial charge in [0.05, 0.1) is 6.61 Å². The van der Waals surface area contributed by atoms with Crippen molar-refractivity contribution in [2.75, 3.05) is 26.4 Å². The molecule has 2 N–H and O–H groups in total. The van der Waals surface area contributed by atoms with Gasteiger partial charge in [0.2, 0.25) is 0 Å². The molecule has 1 aromatic rings. The van der Waals surface area contributed by atoms with Gasteiger partial charge in [0.25, 0.3) is 0 Å². The second-order valence-corrected chi connectivity index (χ2v) is 4.93. The molecule has 1 heterocycles. The maximum atomic E-state index is 8.99. The van der Waals surface area contributed by atoms with E-state index in [2.05, 4.69) is 29.6 Å². The standard InChI is InChI=1S/C15H23NO2/c17-9-8-16-15(14-4-2-1-3-5-14)12-13-6-10-18-11-7-13/h1-5,13,15-17H,6-12H2. The van der Waals surface area contributed by atoms with Crippen LogP contribution in [0.5, 0.6) is 0 Å². The Morgan fingerprint density at radius 1 is 1.22 bits per heavy atom. The SMILES string of the molecule is OCCNC(CC1CCOCC1)c1ccccc1. The fourth-order valence-electron chi connectivity index (χ4n) is 2.58. The zero-order valence-corrected chi connectivity index (χ0v) is 10.8.